The number of rotatable bonds is 5. The van der Waals surface area contributed by atoms with Gasteiger partial charge in [-0.2, -0.15) is 0 Å². The smallest absolute Gasteiger partial charge is 0.261 e. The van der Waals surface area contributed by atoms with E-state index in [1.54, 1.807) is 47.5 Å². The molecular formula is C21H18N2O4S. The molecule has 0 N–H and O–H groups in total. The molecule has 3 aromatic rings. The molecule has 1 aliphatic heterocycles. The van der Waals surface area contributed by atoms with Crippen LogP contribution < -0.4 is 0 Å². The number of thiophene rings is 1. The molecule has 0 fully saturated rings. The Morgan fingerprint density at radius 1 is 1.14 bits per heavy atom. The fourth-order valence-electron chi connectivity index (χ4n) is 3.20. The van der Waals surface area contributed by atoms with Gasteiger partial charge in [-0.3, -0.25) is 19.3 Å². The van der Waals surface area contributed by atoms with E-state index in [9.17, 15) is 14.4 Å². The van der Waals surface area contributed by atoms with Crippen molar-refractivity contribution in [1.29, 1.82) is 0 Å². The van der Waals surface area contributed by atoms with Crippen LogP contribution in [0, 0.1) is 6.92 Å². The Hall–Kier alpha value is -3.19. The molecule has 3 amide bonds. The Balaban J connectivity index is 1.55. The molecule has 1 aromatic carbocycles. The molecular weight excluding hydrogens is 376 g/mol. The van der Waals surface area contributed by atoms with E-state index in [0.717, 1.165) is 15.3 Å². The summed E-state index contributed by atoms with van der Waals surface area (Å²) in [7, 11) is 1.73. The highest BCUT2D eigenvalue weighted by molar-refractivity contribution is 7.10. The van der Waals surface area contributed by atoms with Gasteiger partial charge in [-0.25, -0.2) is 0 Å². The summed E-state index contributed by atoms with van der Waals surface area (Å²) in [5, 5.41) is 2.00. The van der Waals surface area contributed by atoms with Gasteiger partial charge >= 0.3 is 0 Å². The molecule has 0 saturated heterocycles. The van der Waals surface area contributed by atoms with Crippen LogP contribution in [-0.4, -0.2) is 34.6 Å². The fraction of sp³-hybridized carbons (Fsp3) is 0.190. The van der Waals surface area contributed by atoms with Crippen molar-refractivity contribution in [2.24, 2.45) is 0 Å². The number of imide groups is 1. The van der Waals surface area contributed by atoms with Crippen molar-refractivity contribution in [1.82, 2.24) is 9.80 Å². The lowest BCUT2D eigenvalue weighted by Crippen LogP contribution is -2.29. The molecule has 0 atom stereocenters. The van der Waals surface area contributed by atoms with Crippen molar-refractivity contribution < 1.29 is 18.8 Å². The number of hydrogen-bond acceptors (Lipinski definition) is 5. The summed E-state index contributed by atoms with van der Waals surface area (Å²) in [6, 6.07) is 10.1. The molecule has 28 heavy (non-hydrogen) atoms. The molecule has 142 valence electrons. The van der Waals surface area contributed by atoms with Crippen LogP contribution in [0.2, 0.25) is 0 Å². The maximum atomic E-state index is 12.8. The van der Waals surface area contributed by atoms with E-state index in [4.69, 9.17) is 4.42 Å². The van der Waals surface area contributed by atoms with Crippen LogP contribution in [0.3, 0.4) is 0 Å². The van der Waals surface area contributed by atoms with E-state index in [-0.39, 0.29) is 23.9 Å². The highest BCUT2D eigenvalue weighted by atomic mass is 32.1. The Morgan fingerprint density at radius 3 is 2.61 bits per heavy atom. The van der Waals surface area contributed by atoms with Crippen molar-refractivity contribution in [2.75, 3.05) is 7.05 Å². The zero-order valence-electron chi connectivity index (χ0n) is 15.5. The minimum Gasteiger partial charge on any atom is -0.467 e. The molecule has 4 rings (SSSR count). The Bertz CT molecular complexity index is 1070. The predicted molar refractivity (Wildman–Crippen MR) is 104 cm³/mol. The number of carbonyl (C=O) groups excluding carboxylic acids is 3. The van der Waals surface area contributed by atoms with Gasteiger partial charge in [-0.15, -0.1) is 11.3 Å². The standard InChI is InChI=1S/C21H18N2O4S/c1-13-7-9-28-18(13)12-22(2)19(24)14-5-6-16-17(10-14)21(26)23(20(16)25)11-15-4-3-8-27-15/h3-10H,11-12H2,1-2H3. The van der Waals surface area contributed by atoms with Crippen molar-refractivity contribution in [3.05, 3.63) is 80.9 Å². The number of hydrogen-bond donors (Lipinski definition) is 0. The van der Waals surface area contributed by atoms with Crippen LogP contribution in [0.4, 0.5) is 0 Å². The maximum Gasteiger partial charge on any atom is 0.261 e. The summed E-state index contributed by atoms with van der Waals surface area (Å²) < 4.78 is 5.24. The second-order valence-electron chi connectivity index (χ2n) is 6.72. The Morgan fingerprint density at radius 2 is 1.93 bits per heavy atom. The largest absolute Gasteiger partial charge is 0.467 e. The van der Waals surface area contributed by atoms with Crippen LogP contribution in [-0.2, 0) is 13.1 Å². The van der Waals surface area contributed by atoms with Gasteiger partial charge in [0.05, 0.1) is 30.5 Å². The summed E-state index contributed by atoms with van der Waals surface area (Å²) >= 11 is 1.60. The topological polar surface area (TPSA) is 70.8 Å². The summed E-state index contributed by atoms with van der Waals surface area (Å²) in [5.74, 6) is -0.460. The first-order valence-corrected chi connectivity index (χ1v) is 9.64. The zero-order valence-corrected chi connectivity index (χ0v) is 16.3. The number of fused-ring (bicyclic) bond motifs is 1. The molecule has 3 heterocycles. The maximum absolute atomic E-state index is 12.8. The van der Waals surface area contributed by atoms with Crippen molar-refractivity contribution >= 4 is 29.1 Å². The quantitative estimate of drug-likeness (QED) is 0.619. The van der Waals surface area contributed by atoms with Crippen molar-refractivity contribution in [2.45, 2.75) is 20.0 Å². The number of aryl methyl sites for hydroxylation is 1. The van der Waals surface area contributed by atoms with Gasteiger partial charge in [-0.1, -0.05) is 0 Å². The van der Waals surface area contributed by atoms with Crippen LogP contribution in [0.1, 0.15) is 47.3 Å². The summed E-state index contributed by atoms with van der Waals surface area (Å²) in [4.78, 5) is 42.0. The van der Waals surface area contributed by atoms with Crippen LogP contribution in [0.25, 0.3) is 0 Å². The first kappa shape index (κ1) is 18.2. The van der Waals surface area contributed by atoms with Crippen LogP contribution in [0.15, 0.2) is 52.5 Å². The normalized spacial score (nSPS) is 13.1. The second-order valence-corrected chi connectivity index (χ2v) is 7.72. The molecule has 1 aliphatic rings. The zero-order chi connectivity index (χ0) is 19.8. The lowest BCUT2D eigenvalue weighted by atomic mass is 10.0. The SMILES string of the molecule is Cc1ccsc1CN(C)C(=O)c1ccc2c(c1)C(=O)N(Cc1ccco1)C2=O. The van der Waals surface area contributed by atoms with Gasteiger partial charge in [-0.05, 0) is 54.3 Å². The average Bonchev–Trinajstić information content (AvgIpc) is 3.40. The van der Waals surface area contributed by atoms with E-state index in [0.29, 0.717) is 23.4 Å². The average molecular weight is 394 g/mol. The third kappa shape index (κ3) is 3.14. The van der Waals surface area contributed by atoms with Gasteiger partial charge in [0.2, 0.25) is 0 Å². The lowest BCUT2D eigenvalue weighted by molar-refractivity contribution is 0.0631. The third-order valence-corrected chi connectivity index (χ3v) is 5.82. The minimum atomic E-state index is -0.414. The monoisotopic (exact) mass is 394 g/mol. The lowest BCUT2D eigenvalue weighted by Gasteiger charge is -2.17. The van der Waals surface area contributed by atoms with Gasteiger partial charge in [0.25, 0.3) is 17.7 Å². The van der Waals surface area contributed by atoms with Gasteiger partial charge in [0, 0.05) is 17.5 Å². The number of nitrogens with zero attached hydrogens (tertiary/aromatic N) is 2. The molecule has 7 heteroatoms. The first-order valence-electron chi connectivity index (χ1n) is 8.77. The predicted octanol–water partition coefficient (Wildman–Crippen LogP) is 3.72. The molecule has 2 aromatic heterocycles. The second kappa shape index (κ2) is 7.09. The molecule has 0 saturated carbocycles. The Kier molecular flexibility index (Phi) is 4.60. The molecule has 0 unspecified atom stereocenters. The number of carbonyl (C=O) groups is 3. The van der Waals surface area contributed by atoms with E-state index in [1.165, 1.54) is 12.3 Å². The van der Waals surface area contributed by atoms with Crippen LogP contribution >= 0.6 is 11.3 Å². The van der Waals surface area contributed by atoms with Gasteiger partial charge < -0.3 is 9.32 Å². The van der Waals surface area contributed by atoms with E-state index in [2.05, 4.69) is 0 Å². The van der Waals surface area contributed by atoms with Gasteiger partial charge in [0.15, 0.2) is 0 Å². The fourth-order valence-corrected chi connectivity index (χ4v) is 4.16. The minimum absolute atomic E-state index is 0.0696. The van der Waals surface area contributed by atoms with Gasteiger partial charge in [0.1, 0.15) is 5.76 Å². The summed E-state index contributed by atoms with van der Waals surface area (Å²) in [6.45, 7) is 2.58. The Labute approximate surface area is 166 Å². The molecule has 0 aliphatic carbocycles. The van der Waals surface area contributed by atoms with Crippen molar-refractivity contribution in [3.8, 4) is 0 Å². The highest BCUT2D eigenvalue weighted by Gasteiger charge is 2.36. The molecule has 0 radical (unpaired) electrons. The van der Waals surface area contributed by atoms with E-state index < -0.39 is 5.91 Å². The van der Waals surface area contributed by atoms with Crippen LogP contribution in [0.5, 0.6) is 0 Å². The number of benzene rings is 1. The van der Waals surface area contributed by atoms with Crippen molar-refractivity contribution in [3.63, 3.8) is 0 Å². The molecule has 0 bridgehead atoms. The van der Waals surface area contributed by atoms with E-state index >= 15 is 0 Å². The third-order valence-electron chi connectivity index (χ3n) is 4.81. The number of amides is 3. The summed E-state index contributed by atoms with van der Waals surface area (Å²) in [6.07, 6.45) is 1.50. The number of furan rings is 1. The molecule has 6 nitrogen and oxygen atoms in total. The molecule has 0 spiro atoms. The van der Waals surface area contributed by atoms with E-state index in [1.807, 2.05) is 18.4 Å². The highest BCUT2D eigenvalue weighted by Crippen LogP contribution is 2.26. The first-order chi connectivity index (χ1) is 13.5. The summed E-state index contributed by atoms with van der Waals surface area (Å²) in [5.41, 5.74) is 2.09.